The minimum absolute atomic E-state index is 0.250. The van der Waals surface area contributed by atoms with Crippen LogP contribution in [0.4, 0.5) is 0 Å². The molecule has 14 heavy (non-hydrogen) atoms. The summed E-state index contributed by atoms with van der Waals surface area (Å²) in [5.41, 5.74) is 1.29. The van der Waals surface area contributed by atoms with Crippen molar-refractivity contribution in [1.82, 2.24) is 5.32 Å². The molecule has 3 heteroatoms. The van der Waals surface area contributed by atoms with Crippen molar-refractivity contribution in [3.05, 3.63) is 33.4 Å². The fraction of sp³-hybridized carbons (Fsp3) is 0.455. The number of aliphatic hydroxyl groups is 1. The standard InChI is InChI=1S/C11H16INO/c1-9(8-14)6-13-7-10-2-4-11(12)5-3-10/h2-5,9,13-14H,6-8H2,1H3. The Labute approximate surface area is 98.9 Å². The number of benzene rings is 1. The van der Waals surface area contributed by atoms with Crippen LogP contribution in [-0.4, -0.2) is 18.3 Å². The van der Waals surface area contributed by atoms with Crippen molar-refractivity contribution >= 4 is 22.6 Å². The van der Waals surface area contributed by atoms with Crippen LogP contribution in [0.5, 0.6) is 0 Å². The quantitative estimate of drug-likeness (QED) is 0.816. The first kappa shape index (κ1) is 11.9. The fourth-order valence-corrected chi connectivity index (χ4v) is 1.49. The first-order valence-corrected chi connectivity index (χ1v) is 5.86. The minimum Gasteiger partial charge on any atom is -0.396 e. The SMILES string of the molecule is CC(CO)CNCc1ccc(I)cc1. The number of rotatable bonds is 5. The van der Waals surface area contributed by atoms with Gasteiger partial charge in [0.2, 0.25) is 0 Å². The highest BCUT2D eigenvalue weighted by molar-refractivity contribution is 14.1. The molecule has 1 rings (SSSR count). The first-order chi connectivity index (χ1) is 6.72. The maximum absolute atomic E-state index is 8.83. The lowest BCUT2D eigenvalue weighted by atomic mass is 10.2. The van der Waals surface area contributed by atoms with Crippen LogP contribution >= 0.6 is 22.6 Å². The Bertz CT molecular complexity index is 260. The van der Waals surface area contributed by atoms with Crippen molar-refractivity contribution in [3.8, 4) is 0 Å². The van der Waals surface area contributed by atoms with Crippen LogP contribution in [0.25, 0.3) is 0 Å². The maximum atomic E-state index is 8.83. The molecular weight excluding hydrogens is 289 g/mol. The van der Waals surface area contributed by atoms with Gasteiger partial charge in [0.15, 0.2) is 0 Å². The second-order valence-corrected chi connectivity index (χ2v) is 4.79. The Kier molecular flexibility index (Phi) is 5.44. The summed E-state index contributed by atoms with van der Waals surface area (Å²) in [6, 6.07) is 8.46. The zero-order valence-electron chi connectivity index (χ0n) is 8.33. The van der Waals surface area contributed by atoms with Gasteiger partial charge in [-0.25, -0.2) is 0 Å². The van der Waals surface area contributed by atoms with Gasteiger partial charge in [-0.05, 0) is 46.2 Å². The number of hydrogen-bond acceptors (Lipinski definition) is 2. The van der Waals surface area contributed by atoms with E-state index in [1.165, 1.54) is 9.13 Å². The predicted octanol–water partition coefficient (Wildman–Crippen LogP) is 2.01. The molecule has 0 fully saturated rings. The second kappa shape index (κ2) is 6.37. The zero-order chi connectivity index (χ0) is 10.4. The summed E-state index contributed by atoms with van der Waals surface area (Å²) in [7, 11) is 0. The lowest BCUT2D eigenvalue weighted by molar-refractivity contribution is 0.233. The van der Waals surface area contributed by atoms with Gasteiger partial charge in [-0.1, -0.05) is 19.1 Å². The molecule has 0 spiro atoms. The summed E-state index contributed by atoms with van der Waals surface area (Å²) in [5.74, 6) is 0.332. The van der Waals surface area contributed by atoms with Crippen molar-refractivity contribution in [2.75, 3.05) is 13.2 Å². The topological polar surface area (TPSA) is 32.3 Å². The predicted molar refractivity (Wildman–Crippen MR) is 67.1 cm³/mol. The van der Waals surface area contributed by atoms with E-state index in [-0.39, 0.29) is 6.61 Å². The summed E-state index contributed by atoms with van der Waals surface area (Å²) in [6.45, 7) is 4.02. The molecule has 2 nitrogen and oxygen atoms in total. The summed E-state index contributed by atoms with van der Waals surface area (Å²) >= 11 is 2.30. The van der Waals surface area contributed by atoms with Crippen molar-refractivity contribution in [3.63, 3.8) is 0 Å². The van der Waals surface area contributed by atoms with E-state index >= 15 is 0 Å². The highest BCUT2D eigenvalue weighted by Gasteiger charge is 1.98. The molecule has 0 amide bonds. The highest BCUT2D eigenvalue weighted by atomic mass is 127. The van der Waals surface area contributed by atoms with Gasteiger partial charge >= 0.3 is 0 Å². The molecule has 0 heterocycles. The van der Waals surface area contributed by atoms with E-state index in [1.54, 1.807) is 0 Å². The van der Waals surface area contributed by atoms with E-state index in [2.05, 4.69) is 52.2 Å². The summed E-state index contributed by atoms with van der Waals surface area (Å²) in [5, 5.41) is 12.1. The van der Waals surface area contributed by atoms with E-state index in [4.69, 9.17) is 5.11 Å². The molecule has 1 aromatic rings. The molecule has 1 atom stereocenters. The van der Waals surface area contributed by atoms with Gasteiger partial charge < -0.3 is 10.4 Å². The van der Waals surface area contributed by atoms with Crippen LogP contribution in [0.3, 0.4) is 0 Å². The monoisotopic (exact) mass is 305 g/mol. The van der Waals surface area contributed by atoms with Crippen LogP contribution in [-0.2, 0) is 6.54 Å². The third-order valence-electron chi connectivity index (χ3n) is 2.05. The molecule has 0 saturated heterocycles. The van der Waals surface area contributed by atoms with Crippen LogP contribution < -0.4 is 5.32 Å². The van der Waals surface area contributed by atoms with E-state index < -0.39 is 0 Å². The van der Waals surface area contributed by atoms with Crippen molar-refractivity contribution in [1.29, 1.82) is 0 Å². The average Bonchev–Trinajstić information content (AvgIpc) is 2.21. The molecule has 0 aromatic heterocycles. The first-order valence-electron chi connectivity index (χ1n) is 4.78. The molecule has 0 aliphatic rings. The number of hydrogen-bond donors (Lipinski definition) is 2. The molecular formula is C11H16INO. The minimum atomic E-state index is 0.250. The lowest BCUT2D eigenvalue weighted by Gasteiger charge is -2.09. The lowest BCUT2D eigenvalue weighted by Crippen LogP contribution is -2.22. The largest absolute Gasteiger partial charge is 0.396 e. The van der Waals surface area contributed by atoms with Crippen LogP contribution in [0.1, 0.15) is 12.5 Å². The van der Waals surface area contributed by atoms with Gasteiger partial charge in [0.25, 0.3) is 0 Å². The highest BCUT2D eigenvalue weighted by Crippen LogP contribution is 2.06. The third-order valence-corrected chi connectivity index (χ3v) is 2.77. The molecule has 0 radical (unpaired) electrons. The van der Waals surface area contributed by atoms with Crippen LogP contribution in [0, 0.1) is 9.49 Å². The fourth-order valence-electron chi connectivity index (χ4n) is 1.13. The van der Waals surface area contributed by atoms with Gasteiger partial charge in [-0.2, -0.15) is 0 Å². The van der Waals surface area contributed by atoms with Gasteiger partial charge in [-0.3, -0.25) is 0 Å². The van der Waals surface area contributed by atoms with Crippen molar-refractivity contribution in [2.24, 2.45) is 5.92 Å². The van der Waals surface area contributed by atoms with Crippen molar-refractivity contribution < 1.29 is 5.11 Å². The second-order valence-electron chi connectivity index (χ2n) is 3.55. The molecule has 78 valence electrons. The van der Waals surface area contributed by atoms with Gasteiger partial charge in [0.1, 0.15) is 0 Å². The Morgan fingerprint density at radius 1 is 1.36 bits per heavy atom. The maximum Gasteiger partial charge on any atom is 0.0468 e. The van der Waals surface area contributed by atoms with Gasteiger partial charge in [0.05, 0.1) is 0 Å². The third kappa shape index (κ3) is 4.39. The Balaban J connectivity index is 2.28. The normalized spacial score (nSPS) is 12.8. The Hall–Kier alpha value is -0.130. The Morgan fingerprint density at radius 2 is 2.00 bits per heavy atom. The average molecular weight is 305 g/mol. The Morgan fingerprint density at radius 3 is 2.57 bits per heavy atom. The van der Waals surface area contributed by atoms with Crippen LogP contribution in [0.2, 0.25) is 0 Å². The molecule has 0 aliphatic heterocycles. The molecule has 2 N–H and O–H groups in total. The smallest absolute Gasteiger partial charge is 0.0468 e. The molecule has 1 unspecified atom stereocenters. The van der Waals surface area contributed by atoms with Crippen LogP contribution in [0.15, 0.2) is 24.3 Å². The van der Waals surface area contributed by atoms with E-state index in [1.807, 2.05) is 6.92 Å². The molecule has 1 aromatic carbocycles. The summed E-state index contributed by atoms with van der Waals surface area (Å²) in [6.07, 6.45) is 0. The molecule has 0 aliphatic carbocycles. The number of nitrogens with one attached hydrogen (secondary N) is 1. The van der Waals surface area contributed by atoms with E-state index in [0.29, 0.717) is 5.92 Å². The van der Waals surface area contributed by atoms with E-state index in [9.17, 15) is 0 Å². The molecule has 0 bridgehead atoms. The number of halogens is 1. The molecule has 0 saturated carbocycles. The number of aliphatic hydroxyl groups excluding tert-OH is 1. The van der Waals surface area contributed by atoms with E-state index in [0.717, 1.165) is 13.1 Å². The van der Waals surface area contributed by atoms with Gasteiger partial charge in [0, 0.05) is 23.3 Å². The van der Waals surface area contributed by atoms with Crippen molar-refractivity contribution in [2.45, 2.75) is 13.5 Å². The summed E-state index contributed by atoms with van der Waals surface area (Å²) < 4.78 is 1.26. The zero-order valence-corrected chi connectivity index (χ0v) is 10.5. The van der Waals surface area contributed by atoms with Gasteiger partial charge in [-0.15, -0.1) is 0 Å². The summed E-state index contributed by atoms with van der Waals surface area (Å²) in [4.78, 5) is 0.